The third-order valence-electron chi connectivity index (χ3n) is 4.90. The molecule has 1 N–H and O–H groups in total. The first-order valence-corrected chi connectivity index (χ1v) is 10.9. The average Bonchev–Trinajstić information content (AvgIpc) is 2.70. The minimum Gasteiger partial charge on any atom is -0.379 e. The molecule has 0 radical (unpaired) electrons. The predicted octanol–water partition coefficient (Wildman–Crippen LogP) is 3.03. The van der Waals surface area contributed by atoms with Crippen LogP contribution in [-0.2, 0) is 14.8 Å². The fraction of sp³-hybridized carbons (Fsp3) is 0.381. The highest BCUT2D eigenvalue weighted by atomic mass is 32.2. The summed E-state index contributed by atoms with van der Waals surface area (Å²) in [6.45, 7) is 8.38. The molecular weight excluding hydrogens is 374 g/mol. The fourth-order valence-corrected chi connectivity index (χ4v) is 4.62. The molecule has 28 heavy (non-hydrogen) atoms. The molecule has 0 aliphatic carbocycles. The summed E-state index contributed by atoms with van der Waals surface area (Å²) in [6, 6.07) is 15.3. The van der Waals surface area contributed by atoms with E-state index in [1.807, 2.05) is 50.2 Å². The first-order valence-electron chi connectivity index (χ1n) is 9.38. The molecule has 0 spiro atoms. The van der Waals surface area contributed by atoms with Crippen LogP contribution in [0.4, 0.5) is 0 Å². The first-order chi connectivity index (χ1) is 13.4. The molecule has 150 valence electrons. The third-order valence-corrected chi connectivity index (χ3v) is 6.25. The molecule has 2 aromatic rings. The minimum atomic E-state index is -3.74. The van der Waals surface area contributed by atoms with Crippen molar-refractivity contribution in [3.63, 3.8) is 0 Å². The van der Waals surface area contributed by atoms with E-state index in [4.69, 9.17) is 4.74 Å². The van der Waals surface area contributed by atoms with Gasteiger partial charge in [0, 0.05) is 13.1 Å². The van der Waals surface area contributed by atoms with Gasteiger partial charge in [-0.25, -0.2) is 4.83 Å². The van der Waals surface area contributed by atoms with Crippen LogP contribution in [0, 0.1) is 13.8 Å². The molecule has 7 heteroatoms. The van der Waals surface area contributed by atoms with E-state index in [9.17, 15) is 8.42 Å². The largest absolute Gasteiger partial charge is 0.379 e. The van der Waals surface area contributed by atoms with Crippen molar-refractivity contribution in [2.75, 3.05) is 26.3 Å². The van der Waals surface area contributed by atoms with Crippen LogP contribution in [0.1, 0.15) is 29.7 Å². The quantitative estimate of drug-likeness (QED) is 0.597. The van der Waals surface area contributed by atoms with Crippen LogP contribution in [0.2, 0.25) is 0 Å². The van der Waals surface area contributed by atoms with Crippen molar-refractivity contribution in [2.24, 2.45) is 5.10 Å². The van der Waals surface area contributed by atoms with Gasteiger partial charge in [0.15, 0.2) is 0 Å². The molecule has 1 heterocycles. The van der Waals surface area contributed by atoms with E-state index in [0.29, 0.717) is 24.5 Å². The van der Waals surface area contributed by atoms with E-state index in [1.165, 1.54) is 0 Å². The number of hydrazone groups is 1. The van der Waals surface area contributed by atoms with Crippen molar-refractivity contribution < 1.29 is 13.2 Å². The zero-order chi connectivity index (χ0) is 20.1. The third kappa shape index (κ3) is 4.79. The molecule has 1 aliphatic rings. The number of morpholine rings is 1. The number of aryl methyl sites for hydroxylation is 2. The molecule has 3 rings (SSSR count). The maximum atomic E-state index is 12.8. The number of nitrogens with zero attached hydrogens (tertiary/aromatic N) is 2. The summed E-state index contributed by atoms with van der Waals surface area (Å²) in [5.74, 6) is 0. The van der Waals surface area contributed by atoms with Crippen molar-refractivity contribution in [3.8, 4) is 0 Å². The van der Waals surface area contributed by atoms with Gasteiger partial charge in [-0.1, -0.05) is 42.5 Å². The molecule has 0 bridgehead atoms. The van der Waals surface area contributed by atoms with Crippen LogP contribution >= 0.6 is 0 Å². The average molecular weight is 402 g/mol. The van der Waals surface area contributed by atoms with E-state index in [-0.39, 0.29) is 10.9 Å². The molecule has 1 atom stereocenters. The maximum Gasteiger partial charge on any atom is 0.276 e. The highest BCUT2D eigenvalue weighted by molar-refractivity contribution is 7.89. The molecule has 1 aliphatic heterocycles. The fourth-order valence-electron chi connectivity index (χ4n) is 3.43. The zero-order valence-electron chi connectivity index (χ0n) is 16.6. The van der Waals surface area contributed by atoms with E-state index in [0.717, 1.165) is 24.2 Å². The van der Waals surface area contributed by atoms with Crippen LogP contribution in [0.25, 0.3) is 0 Å². The molecule has 0 aromatic heterocycles. The second-order valence-electron chi connectivity index (χ2n) is 7.08. The topological polar surface area (TPSA) is 71.0 Å². The van der Waals surface area contributed by atoms with Gasteiger partial charge in [-0.15, -0.1) is 0 Å². The Labute approximate surface area is 167 Å². The molecule has 0 amide bonds. The molecule has 1 fully saturated rings. The van der Waals surface area contributed by atoms with Gasteiger partial charge in [0.1, 0.15) is 0 Å². The Balaban J connectivity index is 1.88. The van der Waals surface area contributed by atoms with Gasteiger partial charge in [0.05, 0.1) is 29.9 Å². The number of ether oxygens (including phenoxy) is 1. The second-order valence-corrected chi connectivity index (χ2v) is 8.71. The molecule has 0 unspecified atom stereocenters. The lowest BCUT2D eigenvalue weighted by molar-refractivity contribution is 0.0285. The van der Waals surface area contributed by atoms with Crippen molar-refractivity contribution in [1.82, 2.24) is 9.73 Å². The predicted molar refractivity (Wildman–Crippen MR) is 111 cm³/mol. The summed E-state index contributed by atoms with van der Waals surface area (Å²) in [5.41, 5.74) is 3.36. The molecular formula is C21H27N3O3S. The second kappa shape index (κ2) is 8.86. The Kier molecular flexibility index (Phi) is 6.49. The van der Waals surface area contributed by atoms with E-state index in [2.05, 4.69) is 14.8 Å². The summed E-state index contributed by atoms with van der Waals surface area (Å²) in [5, 5.41) is 4.29. The Hall–Kier alpha value is -2.22. The molecule has 6 nitrogen and oxygen atoms in total. The Morgan fingerprint density at radius 1 is 1.11 bits per heavy atom. The monoisotopic (exact) mass is 401 g/mol. The van der Waals surface area contributed by atoms with Crippen LogP contribution in [0.5, 0.6) is 0 Å². The Bertz CT molecular complexity index is 937. The molecule has 2 aromatic carbocycles. The number of hydrogen-bond donors (Lipinski definition) is 1. The van der Waals surface area contributed by atoms with Crippen molar-refractivity contribution in [3.05, 3.63) is 65.2 Å². The first kappa shape index (κ1) is 20.5. The number of rotatable bonds is 6. The lowest BCUT2D eigenvalue weighted by Crippen LogP contribution is -2.42. The summed E-state index contributed by atoms with van der Waals surface area (Å²) in [7, 11) is -3.74. The SMILES string of the molecule is C/C(=N/NS(=O)(=O)c1cc(C)ccc1C)[C@H](c1ccccc1)N1CCOCC1. The lowest BCUT2D eigenvalue weighted by Gasteiger charge is -2.34. The van der Waals surface area contributed by atoms with Crippen molar-refractivity contribution in [1.29, 1.82) is 0 Å². The Morgan fingerprint density at radius 3 is 2.46 bits per heavy atom. The van der Waals surface area contributed by atoms with Gasteiger partial charge in [-0.3, -0.25) is 4.90 Å². The smallest absolute Gasteiger partial charge is 0.276 e. The zero-order valence-corrected chi connectivity index (χ0v) is 17.4. The summed E-state index contributed by atoms with van der Waals surface area (Å²) in [6.07, 6.45) is 0. The van der Waals surface area contributed by atoms with Crippen LogP contribution in [0.15, 0.2) is 58.5 Å². The highest BCUT2D eigenvalue weighted by Crippen LogP contribution is 2.24. The van der Waals surface area contributed by atoms with Gasteiger partial charge in [-0.05, 0) is 43.5 Å². The van der Waals surface area contributed by atoms with E-state index in [1.54, 1.807) is 19.1 Å². The van der Waals surface area contributed by atoms with Gasteiger partial charge in [-0.2, -0.15) is 13.5 Å². The number of benzene rings is 2. The summed E-state index contributed by atoms with van der Waals surface area (Å²) in [4.78, 5) is 4.96. The maximum absolute atomic E-state index is 12.8. The van der Waals surface area contributed by atoms with Gasteiger partial charge in [0.25, 0.3) is 10.0 Å². The molecule has 1 saturated heterocycles. The number of hydrogen-bond acceptors (Lipinski definition) is 5. The number of sulfonamides is 1. The summed E-state index contributed by atoms with van der Waals surface area (Å²) < 4.78 is 31.1. The Morgan fingerprint density at radius 2 is 1.79 bits per heavy atom. The standard InChI is InChI=1S/C21H27N3O3S/c1-16-9-10-17(2)20(15-16)28(25,26)23-22-18(3)21(19-7-5-4-6-8-19)24-11-13-27-14-12-24/h4-10,15,21,23H,11-14H2,1-3H3/b22-18-/t21-/m1/s1. The molecule has 0 saturated carbocycles. The van der Waals surface area contributed by atoms with Crippen LogP contribution in [-0.4, -0.2) is 45.3 Å². The van der Waals surface area contributed by atoms with E-state index < -0.39 is 10.0 Å². The summed E-state index contributed by atoms with van der Waals surface area (Å²) >= 11 is 0. The van der Waals surface area contributed by atoms with Gasteiger partial charge >= 0.3 is 0 Å². The minimum absolute atomic E-state index is 0.105. The number of nitrogens with one attached hydrogen (secondary N) is 1. The van der Waals surface area contributed by atoms with Crippen molar-refractivity contribution >= 4 is 15.7 Å². The van der Waals surface area contributed by atoms with Crippen molar-refractivity contribution in [2.45, 2.75) is 31.7 Å². The van der Waals surface area contributed by atoms with Crippen LogP contribution in [0.3, 0.4) is 0 Å². The van der Waals surface area contributed by atoms with E-state index >= 15 is 0 Å². The van der Waals surface area contributed by atoms with Gasteiger partial charge < -0.3 is 4.74 Å². The highest BCUT2D eigenvalue weighted by Gasteiger charge is 2.26. The van der Waals surface area contributed by atoms with Crippen LogP contribution < -0.4 is 4.83 Å². The lowest BCUT2D eigenvalue weighted by atomic mass is 10.0. The van der Waals surface area contributed by atoms with Gasteiger partial charge in [0.2, 0.25) is 0 Å². The normalized spacial score (nSPS) is 17.3.